The zero-order chi connectivity index (χ0) is 11.2. The van der Waals surface area contributed by atoms with Gasteiger partial charge in [0, 0.05) is 17.2 Å². The van der Waals surface area contributed by atoms with Gasteiger partial charge in [-0.1, -0.05) is 19.3 Å². The molecule has 0 atom stereocenters. The summed E-state index contributed by atoms with van der Waals surface area (Å²) in [6, 6.07) is 3.91. The lowest BCUT2D eigenvalue weighted by Gasteiger charge is -2.20. The van der Waals surface area contributed by atoms with E-state index in [1.807, 2.05) is 30.1 Å². The van der Waals surface area contributed by atoms with Crippen LogP contribution in [0, 0.1) is 0 Å². The number of hydrazine groups is 1. The molecule has 1 saturated carbocycles. The second-order valence-electron chi connectivity index (χ2n) is 4.25. The van der Waals surface area contributed by atoms with E-state index < -0.39 is 0 Å². The molecule has 0 spiro atoms. The molecule has 1 aromatic heterocycles. The van der Waals surface area contributed by atoms with Crippen molar-refractivity contribution in [2.24, 2.45) is 5.84 Å². The molecule has 88 valence electrons. The van der Waals surface area contributed by atoms with E-state index in [2.05, 4.69) is 10.4 Å². The number of nitrogens with zero attached hydrogens (tertiary/aromatic N) is 1. The van der Waals surface area contributed by atoms with E-state index in [0.29, 0.717) is 0 Å². The molecular weight excluding hydrogens is 218 g/mol. The lowest BCUT2D eigenvalue weighted by molar-refractivity contribution is 0.516. The van der Waals surface area contributed by atoms with Crippen LogP contribution in [-0.4, -0.2) is 10.2 Å². The Balaban J connectivity index is 1.83. The fourth-order valence-electron chi connectivity index (χ4n) is 2.08. The highest BCUT2D eigenvalue weighted by molar-refractivity contribution is 7.99. The van der Waals surface area contributed by atoms with Gasteiger partial charge in [-0.3, -0.25) is 10.8 Å². The van der Waals surface area contributed by atoms with Crippen LogP contribution in [0.1, 0.15) is 37.8 Å². The maximum atomic E-state index is 5.37. The van der Waals surface area contributed by atoms with Gasteiger partial charge in [0.05, 0.1) is 11.4 Å². The van der Waals surface area contributed by atoms with Crippen LogP contribution >= 0.6 is 11.8 Å². The number of pyridine rings is 1. The van der Waals surface area contributed by atoms with Crippen LogP contribution in [0.25, 0.3) is 0 Å². The van der Waals surface area contributed by atoms with E-state index in [1.54, 1.807) is 0 Å². The lowest BCUT2D eigenvalue weighted by Crippen LogP contribution is -2.09. The summed E-state index contributed by atoms with van der Waals surface area (Å²) in [5.41, 5.74) is 4.71. The minimum Gasteiger partial charge on any atom is -0.324 e. The second kappa shape index (κ2) is 6.11. The van der Waals surface area contributed by atoms with Gasteiger partial charge in [-0.25, -0.2) is 0 Å². The molecular formula is C12H19N3S. The molecule has 0 bridgehead atoms. The Morgan fingerprint density at radius 3 is 2.94 bits per heavy atom. The Labute approximate surface area is 101 Å². The summed E-state index contributed by atoms with van der Waals surface area (Å²) in [5.74, 6) is 6.37. The van der Waals surface area contributed by atoms with Gasteiger partial charge in [-0.15, -0.1) is 0 Å². The number of anilines is 1. The standard InChI is InChI=1S/C12H19N3S/c13-15-10-6-7-14-11(8-10)9-16-12-4-2-1-3-5-12/h6-8,12H,1-5,9,13H2,(H,14,15). The lowest BCUT2D eigenvalue weighted by atomic mass is 10.0. The smallest absolute Gasteiger partial charge is 0.0523 e. The fourth-order valence-corrected chi connectivity index (χ4v) is 3.31. The summed E-state index contributed by atoms with van der Waals surface area (Å²) in [5, 5.41) is 0.838. The maximum Gasteiger partial charge on any atom is 0.0523 e. The molecule has 1 fully saturated rings. The van der Waals surface area contributed by atoms with E-state index in [4.69, 9.17) is 5.84 Å². The summed E-state index contributed by atoms with van der Waals surface area (Å²) >= 11 is 2.04. The number of nitrogens with two attached hydrogens (primary N) is 1. The van der Waals surface area contributed by atoms with Gasteiger partial charge >= 0.3 is 0 Å². The molecule has 0 saturated heterocycles. The Morgan fingerprint density at radius 2 is 2.19 bits per heavy atom. The first kappa shape index (κ1) is 11.7. The quantitative estimate of drug-likeness (QED) is 0.624. The van der Waals surface area contributed by atoms with Gasteiger partial charge in [0.25, 0.3) is 0 Å². The van der Waals surface area contributed by atoms with Crippen LogP contribution in [0.5, 0.6) is 0 Å². The molecule has 1 heterocycles. The molecule has 1 aliphatic carbocycles. The fraction of sp³-hybridized carbons (Fsp3) is 0.583. The van der Waals surface area contributed by atoms with Gasteiger partial charge in [-0.05, 0) is 25.0 Å². The van der Waals surface area contributed by atoms with Crippen molar-refractivity contribution < 1.29 is 0 Å². The number of aromatic nitrogens is 1. The molecule has 3 N–H and O–H groups in total. The molecule has 4 heteroatoms. The molecule has 0 radical (unpaired) electrons. The Hall–Kier alpha value is -0.740. The highest BCUT2D eigenvalue weighted by Gasteiger charge is 2.13. The Bertz CT molecular complexity index is 324. The van der Waals surface area contributed by atoms with Crippen LogP contribution in [0.2, 0.25) is 0 Å². The minimum absolute atomic E-state index is 0.838. The molecule has 3 nitrogen and oxygen atoms in total. The number of nitrogen functional groups attached to an aromatic ring is 1. The van der Waals surface area contributed by atoms with Crippen LogP contribution < -0.4 is 11.3 Å². The van der Waals surface area contributed by atoms with E-state index in [1.165, 1.54) is 32.1 Å². The van der Waals surface area contributed by atoms with E-state index in [9.17, 15) is 0 Å². The Kier molecular flexibility index (Phi) is 4.48. The molecule has 0 unspecified atom stereocenters. The van der Waals surface area contributed by atoms with Crippen molar-refractivity contribution in [3.05, 3.63) is 24.0 Å². The minimum atomic E-state index is 0.838. The normalized spacial score (nSPS) is 17.3. The molecule has 0 aromatic carbocycles. The number of hydrogen-bond donors (Lipinski definition) is 2. The summed E-state index contributed by atoms with van der Waals surface area (Å²) in [4.78, 5) is 4.36. The second-order valence-corrected chi connectivity index (χ2v) is 5.54. The molecule has 0 amide bonds. The number of thioether (sulfide) groups is 1. The van der Waals surface area contributed by atoms with E-state index in [0.717, 1.165) is 22.4 Å². The molecule has 0 aliphatic heterocycles. The number of nitrogens with one attached hydrogen (secondary N) is 1. The maximum absolute atomic E-state index is 5.37. The van der Waals surface area contributed by atoms with Crippen LogP contribution in [0.4, 0.5) is 5.69 Å². The predicted octanol–water partition coefficient (Wildman–Crippen LogP) is 2.93. The van der Waals surface area contributed by atoms with Gasteiger partial charge in [-0.2, -0.15) is 11.8 Å². The van der Waals surface area contributed by atoms with Crippen molar-refractivity contribution in [2.45, 2.75) is 43.1 Å². The van der Waals surface area contributed by atoms with Crippen molar-refractivity contribution in [3.8, 4) is 0 Å². The summed E-state index contributed by atoms with van der Waals surface area (Å²) in [6.45, 7) is 0. The van der Waals surface area contributed by atoms with Crippen molar-refractivity contribution >= 4 is 17.4 Å². The molecule has 1 aromatic rings. The van der Waals surface area contributed by atoms with E-state index >= 15 is 0 Å². The van der Waals surface area contributed by atoms with Crippen molar-refractivity contribution in [3.63, 3.8) is 0 Å². The average Bonchev–Trinajstić information content (AvgIpc) is 2.38. The SMILES string of the molecule is NNc1ccnc(CSC2CCCCC2)c1. The average molecular weight is 237 g/mol. The van der Waals surface area contributed by atoms with E-state index in [-0.39, 0.29) is 0 Å². The van der Waals surface area contributed by atoms with Crippen LogP contribution in [0.3, 0.4) is 0 Å². The molecule has 2 rings (SSSR count). The Morgan fingerprint density at radius 1 is 1.38 bits per heavy atom. The van der Waals surface area contributed by atoms with Crippen LogP contribution in [0.15, 0.2) is 18.3 Å². The number of hydrogen-bond acceptors (Lipinski definition) is 4. The number of rotatable bonds is 4. The van der Waals surface area contributed by atoms with Gasteiger partial charge in [0.1, 0.15) is 0 Å². The largest absolute Gasteiger partial charge is 0.324 e. The third-order valence-corrected chi connectivity index (χ3v) is 4.41. The first-order valence-corrected chi connectivity index (χ1v) is 6.96. The van der Waals surface area contributed by atoms with Gasteiger partial charge < -0.3 is 5.43 Å². The topological polar surface area (TPSA) is 50.9 Å². The summed E-state index contributed by atoms with van der Waals surface area (Å²) < 4.78 is 0. The zero-order valence-electron chi connectivity index (χ0n) is 9.48. The van der Waals surface area contributed by atoms with Crippen molar-refractivity contribution in [1.29, 1.82) is 0 Å². The molecule has 16 heavy (non-hydrogen) atoms. The predicted molar refractivity (Wildman–Crippen MR) is 70.2 cm³/mol. The first-order chi connectivity index (χ1) is 7.88. The summed E-state index contributed by atoms with van der Waals surface area (Å²) in [7, 11) is 0. The summed E-state index contributed by atoms with van der Waals surface area (Å²) in [6.07, 6.45) is 8.78. The third-order valence-electron chi connectivity index (χ3n) is 3.00. The van der Waals surface area contributed by atoms with Gasteiger partial charge in [0.2, 0.25) is 0 Å². The van der Waals surface area contributed by atoms with Crippen molar-refractivity contribution in [1.82, 2.24) is 4.98 Å². The van der Waals surface area contributed by atoms with Gasteiger partial charge in [0.15, 0.2) is 0 Å². The zero-order valence-corrected chi connectivity index (χ0v) is 10.3. The monoisotopic (exact) mass is 237 g/mol. The molecule has 1 aliphatic rings. The highest BCUT2D eigenvalue weighted by atomic mass is 32.2. The van der Waals surface area contributed by atoms with Crippen molar-refractivity contribution in [2.75, 3.05) is 5.43 Å². The highest BCUT2D eigenvalue weighted by Crippen LogP contribution is 2.30. The third kappa shape index (κ3) is 3.39. The van der Waals surface area contributed by atoms with Crippen LogP contribution in [-0.2, 0) is 5.75 Å². The first-order valence-electron chi connectivity index (χ1n) is 5.91.